The van der Waals surface area contributed by atoms with Crippen LogP contribution in [-0.4, -0.2) is 9.78 Å². The predicted octanol–water partition coefficient (Wildman–Crippen LogP) is 12.0. The van der Waals surface area contributed by atoms with Crippen LogP contribution in [0.2, 0.25) is 0 Å². The van der Waals surface area contributed by atoms with E-state index in [1.165, 1.54) is 28.3 Å². The summed E-state index contributed by atoms with van der Waals surface area (Å²) in [7, 11) is 0. The summed E-state index contributed by atoms with van der Waals surface area (Å²) < 4.78 is 26.7. The fourth-order valence-corrected chi connectivity index (χ4v) is 3.86. The zero-order valence-corrected chi connectivity index (χ0v) is 29.0. The second-order valence-electron chi connectivity index (χ2n) is 9.24. The quantitative estimate of drug-likeness (QED) is 0.158. The summed E-state index contributed by atoms with van der Waals surface area (Å²) in [5.74, 6) is -0.132. The summed E-state index contributed by atoms with van der Waals surface area (Å²) in [5, 5.41) is 4.21. The lowest BCUT2D eigenvalue weighted by Crippen LogP contribution is -1.99. The zero-order chi connectivity index (χ0) is 33.9. The lowest BCUT2D eigenvalue weighted by atomic mass is 10.1. The normalized spacial score (nSPS) is 9.52. The Morgan fingerprint density at radius 3 is 1.68 bits per heavy atom. The van der Waals surface area contributed by atoms with Crippen LogP contribution in [0, 0.1) is 39.4 Å². The van der Waals surface area contributed by atoms with Crippen molar-refractivity contribution in [2.24, 2.45) is 0 Å². The van der Waals surface area contributed by atoms with Crippen LogP contribution >= 0.6 is 12.1 Å². The van der Waals surface area contributed by atoms with E-state index in [4.69, 9.17) is 0 Å². The van der Waals surface area contributed by atoms with Crippen LogP contribution in [0.15, 0.2) is 103 Å². The molecule has 0 saturated heterocycles. The summed E-state index contributed by atoms with van der Waals surface area (Å²) in [6, 6.07) is 23.8. The van der Waals surface area contributed by atoms with E-state index in [0.717, 1.165) is 30.7 Å². The molecule has 3 aromatic carbocycles. The van der Waals surface area contributed by atoms with Crippen LogP contribution < -0.4 is 0 Å². The SMILES string of the molecule is C#C.C/C(=C/Cc1ccccc1C)n1ncc(SF)c1C.C=CC.CC.CCc1ccc(CC)cc1.Cc1ccccc1F. The highest BCUT2D eigenvalue weighted by Crippen LogP contribution is 2.24. The van der Waals surface area contributed by atoms with Crippen LogP contribution in [0.5, 0.6) is 0 Å². The van der Waals surface area contributed by atoms with Crippen LogP contribution in [0.25, 0.3) is 5.70 Å². The van der Waals surface area contributed by atoms with E-state index in [1.807, 2.05) is 52.8 Å². The number of terminal acetylenes is 1. The Kier molecular flexibility index (Phi) is 25.7. The molecule has 0 aliphatic heterocycles. The first kappa shape index (κ1) is 42.3. The molecule has 4 rings (SSSR count). The molecule has 4 aromatic rings. The number of aromatic nitrogens is 2. The number of allylic oxidation sites excluding steroid dienone is 3. The van der Waals surface area contributed by atoms with Crippen molar-refractivity contribution in [3.05, 3.63) is 137 Å². The van der Waals surface area contributed by atoms with Crippen molar-refractivity contribution in [1.29, 1.82) is 0 Å². The highest BCUT2D eigenvalue weighted by molar-refractivity contribution is 7.94. The summed E-state index contributed by atoms with van der Waals surface area (Å²) in [6.45, 7) is 21.3. The topological polar surface area (TPSA) is 17.8 Å². The van der Waals surface area contributed by atoms with Crippen molar-refractivity contribution in [3.63, 3.8) is 0 Å². The van der Waals surface area contributed by atoms with E-state index in [9.17, 15) is 8.28 Å². The van der Waals surface area contributed by atoms with Crippen LogP contribution in [-0.2, 0) is 19.3 Å². The molecule has 0 bridgehead atoms. The van der Waals surface area contributed by atoms with Gasteiger partial charge in [0.05, 0.1) is 28.9 Å². The molecule has 0 spiro atoms. The van der Waals surface area contributed by atoms with Crippen molar-refractivity contribution in [2.45, 2.75) is 86.5 Å². The van der Waals surface area contributed by atoms with Gasteiger partial charge in [0.25, 0.3) is 0 Å². The van der Waals surface area contributed by atoms with Crippen molar-refractivity contribution in [2.75, 3.05) is 0 Å². The van der Waals surface area contributed by atoms with Gasteiger partial charge < -0.3 is 0 Å². The van der Waals surface area contributed by atoms with Gasteiger partial charge in [-0.15, -0.1) is 19.4 Å². The highest BCUT2D eigenvalue weighted by Gasteiger charge is 2.08. The van der Waals surface area contributed by atoms with Crippen molar-refractivity contribution >= 4 is 17.8 Å². The maximum Gasteiger partial charge on any atom is 0.126 e. The van der Waals surface area contributed by atoms with Gasteiger partial charge in [0.15, 0.2) is 0 Å². The summed E-state index contributed by atoms with van der Waals surface area (Å²) in [6.07, 6.45) is 16.6. The molecule has 1 aromatic heterocycles. The average molecular weight is 619 g/mol. The molecule has 0 saturated carbocycles. The lowest BCUT2D eigenvalue weighted by molar-refractivity contribution is 0.618. The van der Waals surface area contributed by atoms with Crippen molar-refractivity contribution < 1.29 is 8.28 Å². The van der Waals surface area contributed by atoms with E-state index in [1.54, 1.807) is 36.0 Å². The third kappa shape index (κ3) is 16.7. The molecule has 238 valence electrons. The summed E-state index contributed by atoms with van der Waals surface area (Å²) in [5.41, 5.74) is 7.99. The van der Waals surface area contributed by atoms with E-state index in [-0.39, 0.29) is 18.0 Å². The fraction of sp³-hybridized carbons (Fsp3) is 0.308. The van der Waals surface area contributed by atoms with Crippen LogP contribution in [0.3, 0.4) is 0 Å². The Balaban J connectivity index is 0. The first-order chi connectivity index (χ1) is 21.2. The predicted molar refractivity (Wildman–Crippen MR) is 192 cm³/mol. The van der Waals surface area contributed by atoms with Crippen LogP contribution in [0.1, 0.15) is 75.1 Å². The molecule has 0 unspecified atom stereocenters. The molecule has 0 aliphatic rings. The standard InChI is InChI=1S/C15H17FN2S.C10H14.C7H7F.C3H6.C2H6.C2H2/c1-11-6-4-5-7-14(11)9-8-12(2)18-13(3)15(19-16)10-17-18;1-3-9-5-7-10(4-2)8-6-9;1-6-4-2-3-5-7(6)8;1-3-2;2*1-2/h4-8,10H,9H2,1-3H3;5-8H,3-4H2,1-2H3;2-5H,1H3;3H,1H2,2H3;1-2H3;1-2H/b12-8-;;;;;. The first-order valence-electron chi connectivity index (χ1n) is 15.0. The molecule has 0 N–H and O–H groups in total. The van der Waals surface area contributed by atoms with Gasteiger partial charge in [-0.1, -0.05) is 107 Å². The van der Waals surface area contributed by atoms with E-state index in [0.29, 0.717) is 10.5 Å². The van der Waals surface area contributed by atoms with Crippen LogP contribution in [0.4, 0.5) is 8.28 Å². The third-order valence-electron chi connectivity index (χ3n) is 6.18. The van der Waals surface area contributed by atoms with Gasteiger partial charge in [-0.3, -0.25) is 0 Å². The van der Waals surface area contributed by atoms with E-state index in [2.05, 4.69) is 87.8 Å². The molecule has 0 fully saturated rings. The van der Waals surface area contributed by atoms with Gasteiger partial charge in [-0.25, -0.2) is 9.07 Å². The number of hydrogen-bond acceptors (Lipinski definition) is 2. The Hall–Kier alpha value is -3.88. The largest absolute Gasteiger partial charge is 0.242 e. The van der Waals surface area contributed by atoms with Gasteiger partial charge in [-0.2, -0.15) is 8.98 Å². The number of nitrogens with zero attached hydrogens (tertiary/aromatic N) is 2. The lowest BCUT2D eigenvalue weighted by Gasteiger charge is -2.06. The van der Waals surface area contributed by atoms with E-state index < -0.39 is 0 Å². The summed E-state index contributed by atoms with van der Waals surface area (Å²) in [4.78, 5) is 0.573. The molecule has 44 heavy (non-hydrogen) atoms. The van der Waals surface area contributed by atoms with Gasteiger partial charge in [-0.05, 0) is 87.8 Å². The van der Waals surface area contributed by atoms with Crippen molar-refractivity contribution in [3.8, 4) is 12.8 Å². The maximum atomic E-state index is 12.6. The van der Waals surface area contributed by atoms with Crippen molar-refractivity contribution in [1.82, 2.24) is 9.78 Å². The molecule has 1 heterocycles. The second-order valence-corrected chi connectivity index (χ2v) is 9.83. The smallest absolute Gasteiger partial charge is 0.126 e. The molecule has 0 radical (unpaired) electrons. The van der Waals surface area contributed by atoms with Gasteiger partial charge in [0, 0.05) is 5.70 Å². The molecule has 0 amide bonds. The third-order valence-corrected chi connectivity index (χ3v) is 6.74. The Morgan fingerprint density at radius 1 is 0.864 bits per heavy atom. The molecule has 0 aliphatic carbocycles. The molecule has 5 heteroatoms. The monoisotopic (exact) mass is 618 g/mol. The minimum absolute atomic E-state index is 0.132. The Labute approximate surface area is 271 Å². The fourth-order valence-electron chi connectivity index (χ4n) is 3.57. The average Bonchev–Trinajstić information content (AvgIpc) is 3.45. The number of aryl methyl sites for hydroxylation is 4. The number of hydrogen-bond donors (Lipinski definition) is 0. The maximum absolute atomic E-state index is 12.6. The minimum atomic E-state index is -0.132. The summed E-state index contributed by atoms with van der Waals surface area (Å²) >= 11 is 0.240. The molecular weight excluding hydrogens is 567 g/mol. The molecule has 0 atom stereocenters. The van der Waals surface area contributed by atoms with E-state index >= 15 is 0 Å². The van der Waals surface area contributed by atoms with Gasteiger partial charge >= 0.3 is 0 Å². The minimum Gasteiger partial charge on any atom is -0.242 e. The molecule has 2 nitrogen and oxygen atoms in total. The van der Waals surface area contributed by atoms with Gasteiger partial charge in [0.2, 0.25) is 0 Å². The number of benzene rings is 3. The number of halogens is 2. The Bertz CT molecular complexity index is 1310. The number of rotatable bonds is 6. The zero-order valence-electron chi connectivity index (χ0n) is 28.2. The first-order valence-corrected chi connectivity index (χ1v) is 15.7. The highest BCUT2D eigenvalue weighted by atomic mass is 32.2. The second kappa shape index (κ2) is 26.7. The Morgan fingerprint density at radius 2 is 1.32 bits per heavy atom. The molecular formula is C39H52F2N2S. The van der Waals surface area contributed by atoms with Gasteiger partial charge in [0.1, 0.15) is 5.82 Å².